The molecule has 0 aliphatic carbocycles. The smallest absolute Gasteiger partial charge is 0.475 e. The first-order chi connectivity index (χ1) is 18.1. The number of thiazole rings is 1. The summed E-state index contributed by atoms with van der Waals surface area (Å²) in [6, 6.07) is 21.0. The molecule has 12 heteroatoms. The molecule has 0 unspecified atom stereocenters. The highest BCUT2D eigenvalue weighted by molar-refractivity contribution is 7.13. The lowest BCUT2D eigenvalue weighted by Crippen LogP contribution is -2.26. The molecule has 1 N–H and O–H groups in total. The highest BCUT2D eigenvalue weighted by atomic mass is 32.1. The van der Waals surface area contributed by atoms with Crippen molar-refractivity contribution >= 4 is 34.2 Å². The van der Waals surface area contributed by atoms with Crippen LogP contribution < -0.4 is 0 Å². The average Bonchev–Trinajstić information content (AvgIpc) is 3.56. The van der Waals surface area contributed by atoms with Crippen molar-refractivity contribution in [2.75, 3.05) is 7.05 Å². The van der Waals surface area contributed by atoms with Gasteiger partial charge in [0.05, 0.1) is 17.6 Å². The van der Waals surface area contributed by atoms with Crippen molar-refractivity contribution in [3.63, 3.8) is 0 Å². The van der Waals surface area contributed by atoms with Crippen molar-refractivity contribution in [3.05, 3.63) is 89.6 Å². The number of amides is 1. The van der Waals surface area contributed by atoms with Gasteiger partial charge in [-0.15, -0.1) is 11.3 Å². The van der Waals surface area contributed by atoms with Crippen LogP contribution in [0.25, 0.3) is 32.9 Å². The van der Waals surface area contributed by atoms with Gasteiger partial charge in [0.1, 0.15) is 16.4 Å². The molecule has 0 aliphatic heterocycles. The number of carboxylic acid groups (broad SMARTS) is 1. The first-order valence-electron chi connectivity index (χ1n) is 11.0. The Labute approximate surface area is 218 Å². The Morgan fingerprint density at radius 1 is 1.05 bits per heavy atom. The number of halogens is 3. The Hall–Kier alpha value is -4.58. The number of rotatable bonds is 5. The fourth-order valence-corrected chi connectivity index (χ4v) is 4.19. The molecule has 0 spiro atoms. The Morgan fingerprint density at radius 3 is 2.42 bits per heavy atom. The Balaban J connectivity index is 0.000000426. The molecular weight excluding hydrogens is 521 g/mol. The third-order valence-electron chi connectivity index (χ3n) is 5.20. The van der Waals surface area contributed by atoms with E-state index in [1.54, 1.807) is 41.6 Å². The van der Waals surface area contributed by atoms with Gasteiger partial charge in [0.15, 0.2) is 5.58 Å². The molecule has 3 aromatic heterocycles. The fraction of sp³-hybridized carbons (Fsp3) is 0.115. The Kier molecular flexibility index (Phi) is 7.82. The van der Waals surface area contributed by atoms with Gasteiger partial charge in [-0.25, -0.2) is 9.78 Å². The molecule has 2 aromatic carbocycles. The van der Waals surface area contributed by atoms with Crippen molar-refractivity contribution < 1.29 is 32.4 Å². The normalized spacial score (nSPS) is 11.1. The SMILES string of the molecule is CN(Cc1ccccn1)C(=O)c1ccc2onc(-c3csc(-c4ccccc4)n3)c2c1.O=C(O)C(F)(F)F. The molecule has 8 nitrogen and oxygen atoms in total. The van der Waals surface area contributed by atoms with E-state index in [2.05, 4.69) is 10.1 Å². The lowest BCUT2D eigenvalue weighted by atomic mass is 10.1. The van der Waals surface area contributed by atoms with Crippen LogP contribution in [0.1, 0.15) is 16.1 Å². The lowest BCUT2D eigenvalue weighted by Gasteiger charge is -2.16. The zero-order valence-corrected chi connectivity index (χ0v) is 20.5. The predicted molar refractivity (Wildman–Crippen MR) is 134 cm³/mol. The third-order valence-corrected chi connectivity index (χ3v) is 6.09. The van der Waals surface area contributed by atoms with E-state index in [-0.39, 0.29) is 5.91 Å². The van der Waals surface area contributed by atoms with Crippen molar-refractivity contribution in [2.45, 2.75) is 12.7 Å². The molecule has 0 radical (unpaired) electrons. The Morgan fingerprint density at radius 2 is 1.76 bits per heavy atom. The first-order valence-corrected chi connectivity index (χ1v) is 11.9. The molecule has 0 bridgehead atoms. The zero-order valence-electron chi connectivity index (χ0n) is 19.7. The summed E-state index contributed by atoms with van der Waals surface area (Å²) >= 11 is 1.55. The number of hydrogen-bond donors (Lipinski definition) is 1. The maximum atomic E-state index is 13.0. The molecule has 38 heavy (non-hydrogen) atoms. The van der Waals surface area contributed by atoms with Gasteiger partial charge in [-0.2, -0.15) is 13.2 Å². The molecule has 194 valence electrons. The highest BCUT2D eigenvalue weighted by Crippen LogP contribution is 2.33. The van der Waals surface area contributed by atoms with Gasteiger partial charge in [0.2, 0.25) is 0 Å². The topological polar surface area (TPSA) is 109 Å². The first kappa shape index (κ1) is 26.5. The van der Waals surface area contributed by atoms with Crippen LogP contribution in [0.2, 0.25) is 0 Å². The quantitative estimate of drug-likeness (QED) is 0.295. The number of benzene rings is 2. The molecule has 5 rings (SSSR count). The summed E-state index contributed by atoms with van der Waals surface area (Å²) in [5, 5.41) is 15.0. The van der Waals surface area contributed by atoms with Crippen LogP contribution in [0.15, 0.2) is 82.8 Å². The van der Waals surface area contributed by atoms with E-state index in [1.165, 1.54) is 0 Å². The highest BCUT2D eigenvalue weighted by Gasteiger charge is 2.38. The number of aliphatic carboxylic acids is 1. The minimum Gasteiger partial charge on any atom is -0.475 e. The number of hydrogen-bond acceptors (Lipinski definition) is 7. The molecule has 1 amide bonds. The summed E-state index contributed by atoms with van der Waals surface area (Å²) in [4.78, 5) is 32.5. The van der Waals surface area contributed by atoms with E-state index < -0.39 is 12.1 Å². The van der Waals surface area contributed by atoms with E-state index in [0.29, 0.717) is 23.4 Å². The zero-order chi connectivity index (χ0) is 27.3. The second kappa shape index (κ2) is 11.2. The van der Waals surface area contributed by atoms with E-state index in [4.69, 9.17) is 19.4 Å². The molecule has 0 saturated heterocycles. The van der Waals surface area contributed by atoms with Crippen LogP contribution in [-0.4, -0.2) is 50.2 Å². The molecule has 0 saturated carbocycles. The summed E-state index contributed by atoms with van der Waals surface area (Å²) in [5.74, 6) is -2.85. The summed E-state index contributed by atoms with van der Waals surface area (Å²) in [6.45, 7) is 0.431. The van der Waals surface area contributed by atoms with Gasteiger partial charge in [0, 0.05) is 29.8 Å². The summed E-state index contributed by atoms with van der Waals surface area (Å²) in [5.41, 5.74) is 4.44. The molecule has 0 fully saturated rings. The summed E-state index contributed by atoms with van der Waals surface area (Å²) < 4.78 is 37.2. The maximum absolute atomic E-state index is 13.0. The van der Waals surface area contributed by atoms with Crippen LogP contribution in [-0.2, 0) is 11.3 Å². The van der Waals surface area contributed by atoms with E-state index in [0.717, 1.165) is 27.3 Å². The van der Waals surface area contributed by atoms with E-state index in [1.807, 2.05) is 60.0 Å². The number of pyridine rings is 1. The van der Waals surface area contributed by atoms with Gasteiger partial charge in [0.25, 0.3) is 5.91 Å². The van der Waals surface area contributed by atoms with Crippen LogP contribution >= 0.6 is 11.3 Å². The summed E-state index contributed by atoms with van der Waals surface area (Å²) in [7, 11) is 1.77. The monoisotopic (exact) mass is 540 g/mol. The standard InChI is InChI=1S/C24H18N4O2S.C2HF3O2/c1-28(14-18-9-5-6-12-25-18)24(29)17-10-11-21-19(13-17)22(27-30-21)20-15-31-23(26-20)16-7-3-2-4-8-16;3-2(4,5)1(6)7/h2-13,15H,14H2,1H3;(H,6,7). The minimum atomic E-state index is -5.08. The Bertz CT molecular complexity index is 1550. The molecule has 3 heterocycles. The van der Waals surface area contributed by atoms with Gasteiger partial charge >= 0.3 is 12.1 Å². The van der Waals surface area contributed by atoms with Crippen molar-refractivity contribution in [2.24, 2.45) is 0 Å². The molecule has 0 atom stereocenters. The van der Waals surface area contributed by atoms with E-state index in [9.17, 15) is 18.0 Å². The molecular formula is C26H19F3N4O4S. The maximum Gasteiger partial charge on any atom is 0.490 e. The largest absolute Gasteiger partial charge is 0.490 e. The summed E-state index contributed by atoms with van der Waals surface area (Å²) in [6.07, 6.45) is -3.36. The predicted octanol–water partition coefficient (Wildman–Crippen LogP) is 5.92. The third kappa shape index (κ3) is 6.21. The van der Waals surface area contributed by atoms with Crippen molar-refractivity contribution in [1.29, 1.82) is 0 Å². The number of fused-ring (bicyclic) bond motifs is 1. The number of carbonyl (C=O) groups excluding carboxylic acids is 1. The number of carboxylic acids is 1. The van der Waals surface area contributed by atoms with Gasteiger partial charge in [-0.3, -0.25) is 9.78 Å². The second-order valence-corrected chi connectivity index (χ2v) is 8.79. The van der Waals surface area contributed by atoms with Gasteiger partial charge < -0.3 is 14.5 Å². The lowest BCUT2D eigenvalue weighted by molar-refractivity contribution is -0.192. The van der Waals surface area contributed by atoms with Crippen LogP contribution in [0.5, 0.6) is 0 Å². The van der Waals surface area contributed by atoms with Crippen molar-refractivity contribution in [1.82, 2.24) is 20.0 Å². The molecule has 5 aromatic rings. The van der Waals surface area contributed by atoms with Crippen LogP contribution in [0.3, 0.4) is 0 Å². The van der Waals surface area contributed by atoms with Gasteiger partial charge in [-0.05, 0) is 30.3 Å². The number of nitrogens with zero attached hydrogens (tertiary/aromatic N) is 4. The van der Waals surface area contributed by atoms with Gasteiger partial charge in [-0.1, -0.05) is 41.6 Å². The van der Waals surface area contributed by atoms with Crippen LogP contribution in [0, 0.1) is 0 Å². The number of carbonyl (C=O) groups is 2. The number of alkyl halides is 3. The second-order valence-electron chi connectivity index (χ2n) is 7.93. The molecule has 0 aliphatic rings. The van der Waals surface area contributed by atoms with Crippen molar-refractivity contribution in [3.8, 4) is 22.0 Å². The minimum absolute atomic E-state index is 0.0945. The fourth-order valence-electron chi connectivity index (χ4n) is 3.38. The van der Waals surface area contributed by atoms with E-state index >= 15 is 0 Å². The average molecular weight is 541 g/mol. The van der Waals surface area contributed by atoms with Crippen LogP contribution in [0.4, 0.5) is 13.2 Å². The number of aromatic nitrogens is 3.